The molecule has 0 aromatic heterocycles. The lowest BCUT2D eigenvalue weighted by atomic mass is 9.98. The Morgan fingerprint density at radius 1 is 0.420 bits per heavy atom. The predicted octanol–water partition coefficient (Wildman–Crippen LogP) is 17.7. The van der Waals surface area contributed by atoms with Gasteiger partial charge in [0.25, 0.3) is 0 Å². The Morgan fingerprint density at radius 2 is 0.778 bits per heavy atom. The van der Waals surface area contributed by atoms with Gasteiger partial charge < -0.3 is 39.0 Å². The van der Waals surface area contributed by atoms with Crippen molar-refractivity contribution in [3.05, 3.63) is 72.9 Å². The number of aliphatic carboxylic acids is 1. The third kappa shape index (κ3) is 46.3. The molecule has 0 aliphatic carbocycles. The van der Waals surface area contributed by atoms with E-state index >= 15 is 0 Å². The van der Waals surface area contributed by atoms with E-state index in [1.807, 2.05) is 0 Å². The van der Waals surface area contributed by atoms with Gasteiger partial charge >= 0.3 is 23.9 Å². The van der Waals surface area contributed by atoms with Gasteiger partial charge in [0.1, 0.15) is 18.8 Å². The Kier molecular flexibility index (Phi) is 52.6. The van der Waals surface area contributed by atoms with E-state index in [4.69, 9.17) is 23.7 Å². The highest BCUT2D eigenvalue weighted by atomic mass is 16.7. The number of hydrogen-bond acceptors (Lipinski definition) is 11. The Hall–Kier alpha value is -3.84. The van der Waals surface area contributed by atoms with Crippen LogP contribution < -0.4 is 0 Å². The molecular weight excluding hydrogens is 1020 g/mol. The maximum Gasteiger partial charge on any atom is 0.335 e. The molecule has 466 valence electrons. The van der Waals surface area contributed by atoms with Crippen LogP contribution in [-0.4, -0.2) is 89.2 Å². The molecular formula is C69H118O12. The van der Waals surface area contributed by atoms with Crippen molar-refractivity contribution in [3.8, 4) is 0 Å². The largest absolute Gasteiger partial charge is 0.479 e. The monoisotopic (exact) mass is 1140 g/mol. The first kappa shape index (κ1) is 75.2. The molecule has 0 amide bonds. The number of esters is 3. The normalized spacial score (nSPS) is 18.2. The van der Waals surface area contributed by atoms with Gasteiger partial charge in [-0.3, -0.25) is 14.4 Å². The molecule has 0 aromatic carbocycles. The summed E-state index contributed by atoms with van der Waals surface area (Å²) < 4.78 is 28.5. The van der Waals surface area contributed by atoms with Gasteiger partial charge in [0.15, 0.2) is 24.6 Å². The van der Waals surface area contributed by atoms with Crippen molar-refractivity contribution in [1.82, 2.24) is 0 Å². The first-order valence-corrected chi connectivity index (χ1v) is 32.9. The number of aliphatic hydroxyl groups excluding tert-OH is 2. The molecule has 12 heteroatoms. The number of rotatable bonds is 56. The topological polar surface area (TPSA) is 175 Å². The molecule has 6 atom stereocenters. The molecule has 81 heavy (non-hydrogen) atoms. The summed E-state index contributed by atoms with van der Waals surface area (Å²) in [5.41, 5.74) is 0. The molecule has 0 radical (unpaired) electrons. The number of carbonyl (C=O) groups excluding carboxylic acids is 3. The average molecular weight is 1140 g/mol. The van der Waals surface area contributed by atoms with Crippen LogP contribution in [-0.2, 0) is 42.9 Å². The summed E-state index contributed by atoms with van der Waals surface area (Å²) in [5.74, 6) is -3.14. The van der Waals surface area contributed by atoms with Crippen LogP contribution in [0.2, 0.25) is 0 Å². The molecule has 1 rings (SSSR count). The Labute approximate surface area is 493 Å². The fraction of sp³-hybridized carbons (Fsp3) is 0.768. The van der Waals surface area contributed by atoms with E-state index in [2.05, 4.69) is 93.7 Å². The van der Waals surface area contributed by atoms with Crippen molar-refractivity contribution in [1.29, 1.82) is 0 Å². The fourth-order valence-electron chi connectivity index (χ4n) is 9.81. The molecule has 1 aliphatic heterocycles. The van der Waals surface area contributed by atoms with Gasteiger partial charge in [-0.15, -0.1) is 0 Å². The second-order valence-corrected chi connectivity index (χ2v) is 22.3. The van der Waals surface area contributed by atoms with Crippen LogP contribution in [0, 0.1) is 0 Å². The minimum Gasteiger partial charge on any atom is -0.479 e. The van der Waals surface area contributed by atoms with E-state index < -0.39 is 67.3 Å². The van der Waals surface area contributed by atoms with Gasteiger partial charge in [0.05, 0.1) is 6.61 Å². The third-order valence-electron chi connectivity index (χ3n) is 14.8. The predicted molar refractivity (Wildman–Crippen MR) is 331 cm³/mol. The highest BCUT2D eigenvalue weighted by Crippen LogP contribution is 2.27. The number of carbonyl (C=O) groups is 4. The molecule has 1 aliphatic rings. The van der Waals surface area contributed by atoms with E-state index in [0.717, 1.165) is 135 Å². The minimum absolute atomic E-state index is 0.0597. The lowest BCUT2D eigenvalue weighted by Gasteiger charge is -2.40. The summed E-state index contributed by atoms with van der Waals surface area (Å²) >= 11 is 0. The van der Waals surface area contributed by atoms with Gasteiger partial charge in [-0.1, -0.05) is 261 Å². The maximum absolute atomic E-state index is 13.2. The second kappa shape index (κ2) is 56.6. The van der Waals surface area contributed by atoms with Crippen molar-refractivity contribution in [2.75, 3.05) is 13.2 Å². The zero-order chi connectivity index (χ0) is 58.9. The van der Waals surface area contributed by atoms with Crippen LogP contribution in [0.25, 0.3) is 0 Å². The molecule has 0 aromatic rings. The van der Waals surface area contributed by atoms with Crippen LogP contribution in [0.5, 0.6) is 0 Å². The van der Waals surface area contributed by atoms with Crippen molar-refractivity contribution < 1.29 is 58.2 Å². The van der Waals surface area contributed by atoms with E-state index in [1.54, 1.807) is 0 Å². The highest BCUT2D eigenvalue weighted by Gasteiger charge is 2.50. The first-order chi connectivity index (χ1) is 39.6. The van der Waals surface area contributed by atoms with Gasteiger partial charge in [0.2, 0.25) is 0 Å². The molecule has 1 fully saturated rings. The Balaban J connectivity index is 2.65. The Morgan fingerprint density at radius 3 is 1.19 bits per heavy atom. The summed E-state index contributed by atoms with van der Waals surface area (Å²) in [5, 5.41) is 31.6. The highest BCUT2D eigenvalue weighted by molar-refractivity contribution is 5.74. The summed E-state index contributed by atoms with van der Waals surface area (Å²) in [4.78, 5) is 51.3. The summed E-state index contributed by atoms with van der Waals surface area (Å²) in [7, 11) is 0. The van der Waals surface area contributed by atoms with Gasteiger partial charge in [-0.25, -0.2) is 4.79 Å². The number of allylic oxidation sites excluding steroid dienone is 12. The van der Waals surface area contributed by atoms with Crippen LogP contribution in [0.3, 0.4) is 0 Å². The third-order valence-corrected chi connectivity index (χ3v) is 14.8. The first-order valence-electron chi connectivity index (χ1n) is 32.9. The SMILES string of the molecule is CC/C=C\C/C=C\C/C=C\CCCCCCCCCC(=O)OCC(COC1OC(C(=O)O)C(O)C(O)C1OC(=O)CCCCCCCCCCCCCCCCCCCCC)OC(=O)CCCCCCC/C=C\C/C=C\C/C=C\CC. The number of carboxylic acid groups (broad SMARTS) is 1. The summed E-state index contributed by atoms with van der Waals surface area (Å²) in [6, 6.07) is 0. The van der Waals surface area contributed by atoms with E-state index in [-0.39, 0.29) is 25.9 Å². The zero-order valence-electron chi connectivity index (χ0n) is 51.5. The molecule has 3 N–H and O–H groups in total. The standard InChI is InChI=1S/C69H118O12/c1-4-7-10-13-16-19-22-25-28-30-31-33-36-39-42-45-48-51-54-57-63(72)80-67-65(74)64(73)66(68(75)76)81-69(67)78-59-60(79-62(71)56-53-50-47-44-41-38-34-27-24-21-18-15-12-9-6-3)58-77-61(70)55-52-49-46-43-40-37-35-32-29-26-23-20-17-14-11-8-5-2/h8-9,11-12,17-18,20-21,26-27,29,34,60,64-67,69,73-74H,4-7,10,13-16,19,22-25,28,30-33,35-59H2,1-3H3,(H,75,76)/b11-8-,12-9-,20-17-,21-18-,29-26-,34-27-. The number of hydrogen-bond donors (Lipinski definition) is 3. The average Bonchev–Trinajstić information content (AvgIpc) is 3.53. The van der Waals surface area contributed by atoms with Crippen molar-refractivity contribution in [2.45, 2.75) is 327 Å². The van der Waals surface area contributed by atoms with Crippen molar-refractivity contribution in [2.24, 2.45) is 0 Å². The van der Waals surface area contributed by atoms with Crippen LogP contribution in [0.15, 0.2) is 72.9 Å². The molecule has 1 saturated heterocycles. The van der Waals surface area contributed by atoms with Crippen molar-refractivity contribution >= 4 is 23.9 Å². The van der Waals surface area contributed by atoms with Crippen LogP contribution >= 0.6 is 0 Å². The van der Waals surface area contributed by atoms with E-state index in [0.29, 0.717) is 19.3 Å². The van der Waals surface area contributed by atoms with Gasteiger partial charge in [-0.05, 0) is 83.5 Å². The smallest absolute Gasteiger partial charge is 0.335 e. The molecule has 0 bridgehead atoms. The molecule has 1 heterocycles. The number of unbranched alkanes of at least 4 members (excludes halogenated alkanes) is 30. The van der Waals surface area contributed by atoms with Crippen LogP contribution in [0.1, 0.15) is 290 Å². The lowest BCUT2D eigenvalue weighted by molar-refractivity contribution is -0.301. The molecule has 6 unspecified atom stereocenters. The maximum atomic E-state index is 13.2. The molecule has 0 spiro atoms. The van der Waals surface area contributed by atoms with Gasteiger partial charge in [-0.2, -0.15) is 0 Å². The van der Waals surface area contributed by atoms with Crippen molar-refractivity contribution in [3.63, 3.8) is 0 Å². The minimum atomic E-state index is -1.91. The molecule has 12 nitrogen and oxygen atoms in total. The number of carboxylic acids is 1. The van der Waals surface area contributed by atoms with E-state index in [9.17, 15) is 34.5 Å². The summed E-state index contributed by atoms with van der Waals surface area (Å²) in [6.45, 7) is 5.79. The van der Waals surface area contributed by atoms with Gasteiger partial charge in [0, 0.05) is 19.3 Å². The zero-order valence-corrected chi connectivity index (χ0v) is 51.5. The summed E-state index contributed by atoms with van der Waals surface area (Å²) in [6.07, 6.45) is 60.0. The molecule has 0 saturated carbocycles. The quantitative estimate of drug-likeness (QED) is 0.0228. The number of aliphatic hydroxyl groups is 2. The Bertz CT molecular complexity index is 1680. The van der Waals surface area contributed by atoms with E-state index in [1.165, 1.54) is 96.3 Å². The second-order valence-electron chi connectivity index (χ2n) is 22.3. The fourth-order valence-corrected chi connectivity index (χ4v) is 9.81. The number of ether oxygens (including phenoxy) is 5. The lowest BCUT2D eigenvalue weighted by Crippen LogP contribution is -2.61. The van der Waals surface area contributed by atoms with Crippen LogP contribution in [0.4, 0.5) is 0 Å².